The first kappa shape index (κ1) is 35.1. The van der Waals surface area contributed by atoms with Crippen LogP contribution in [0.5, 0.6) is 0 Å². The third kappa shape index (κ3) is 6.37. The molecule has 0 unspecified atom stereocenters. The van der Waals surface area contributed by atoms with Crippen LogP contribution in [0.2, 0.25) is 0 Å². The van der Waals surface area contributed by atoms with Gasteiger partial charge in [-0.2, -0.15) is 33.7 Å². The van der Waals surface area contributed by atoms with Crippen molar-refractivity contribution in [3.8, 4) is 22.3 Å². The first-order valence-electron chi connectivity index (χ1n) is 14.6. The number of hydrogen-bond donors (Lipinski definition) is 6. The van der Waals surface area contributed by atoms with Crippen LogP contribution >= 0.6 is 0 Å². The monoisotopic (exact) mass is 782 g/mol. The van der Waals surface area contributed by atoms with Gasteiger partial charge in [0.25, 0.3) is 40.5 Å². The van der Waals surface area contributed by atoms with Crippen molar-refractivity contribution in [3.05, 3.63) is 95.6 Å². The van der Waals surface area contributed by atoms with Crippen LogP contribution in [0, 0.1) is 0 Å². The molecule has 0 amide bonds. The minimum Gasteiger partial charge on any atom is -0.353 e. The van der Waals surface area contributed by atoms with Gasteiger partial charge in [-0.1, -0.05) is 42.5 Å². The van der Waals surface area contributed by atoms with E-state index in [0.29, 0.717) is 5.56 Å². The van der Waals surface area contributed by atoms with Crippen LogP contribution in [0.4, 0.5) is 0 Å². The molecular weight excluding hydrogens is 761 g/mol. The first-order valence-corrected chi connectivity index (χ1v) is 20.3. The van der Waals surface area contributed by atoms with E-state index in [1.165, 1.54) is 30.4 Å². The fraction of sp³-hybridized carbons (Fsp3) is 0. The lowest BCUT2D eigenvalue weighted by Crippen LogP contribution is -2.04. The standard InChI is InChI=1S/C32H22N4O12S4/c37-49(38,39)20-9-6-18(7-10-20)28-27(17-4-2-1-3-5-17)26-16-19-8-11-21(33-19)30(50(40,41)42)22-12-13-23(34-22)31(51(43,44)45)24-14-15-25(35-24)32(29(28)36-26)52(46,47)48/h1-16,34,36H,(H,37,38,39)(H,40,41,42)(H,43,44,45)(H,46,47,48). The molecule has 52 heavy (non-hydrogen) atoms. The van der Waals surface area contributed by atoms with E-state index >= 15 is 0 Å². The first-order chi connectivity index (χ1) is 24.3. The normalized spacial score (nSPS) is 13.5. The molecule has 5 heterocycles. The van der Waals surface area contributed by atoms with E-state index in [2.05, 4.69) is 19.9 Å². The average molecular weight is 783 g/mol. The van der Waals surface area contributed by atoms with Gasteiger partial charge in [0.05, 0.1) is 44.2 Å². The van der Waals surface area contributed by atoms with E-state index in [0.717, 1.165) is 36.4 Å². The SMILES string of the molecule is O=S(=O)(O)c1ccc(-c2c(-c3ccccc3)c3cc4nc(c(S(=O)(=O)O)c5ccc([nH]5)c(S(=O)(=O)O)c5nc(c(S(=O)(=O)O)c2[nH]3)C=C5)C=C4)cc1. The van der Waals surface area contributed by atoms with Crippen molar-refractivity contribution in [3.63, 3.8) is 0 Å². The smallest absolute Gasteiger partial charge is 0.298 e. The number of nitrogens with zero attached hydrogens (tertiary/aromatic N) is 2. The molecule has 20 heteroatoms. The van der Waals surface area contributed by atoms with E-state index < -0.39 is 77.0 Å². The molecule has 5 aromatic rings. The zero-order chi connectivity index (χ0) is 37.4. The van der Waals surface area contributed by atoms with Gasteiger partial charge in [0.1, 0.15) is 14.7 Å². The summed E-state index contributed by atoms with van der Waals surface area (Å²) in [5.41, 5.74) is -1.16. The van der Waals surface area contributed by atoms with Crippen LogP contribution in [0.15, 0.2) is 92.4 Å². The Bertz CT molecular complexity index is 3040. The van der Waals surface area contributed by atoms with Crippen LogP contribution in [0.3, 0.4) is 0 Å². The number of fused-ring (bicyclic) bond motifs is 8. The number of aromatic amines is 2. The molecule has 2 aromatic carbocycles. The van der Waals surface area contributed by atoms with Crippen LogP contribution in [0.1, 0.15) is 22.8 Å². The van der Waals surface area contributed by atoms with Gasteiger partial charge in [0.2, 0.25) is 0 Å². The van der Waals surface area contributed by atoms with E-state index in [1.807, 2.05) is 0 Å². The molecule has 0 saturated carbocycles. The van der Waals surface area contributed by atoms with Crippen molar-refractivity contribution in [2.45, 2.75) is 19.6 Å². The lowest BCUT2D eigenvalue weighted by Gasteiger charge is -2.09. The van der Waals surface area contributed by atoms with Crippen LogP contribution < -0.4 is 0 Å². The lowest BCUT2D eigenvalue weighted by molar-refractivity contribution is 0.481. The van der Waals surface area contributed by atoms with Gasteiger partial charge in [-0.25, -0.2) is 9.97 Å². The fourth-order valence-corrected chi connectivity index (χ4v) is 8.82. The highest BCUT2D eigenvalue weighted by atomic mass is 32.2. The molecule has 2 aliphatic rings. The summed E-state index contributed by atoms with van der Waals surface area (Å²) >= 11 is 0. The molecule has 7 rings (SSSR count). The molecule has 0 atom stereocenters. The highest BCUT2D eigenvalue weighted by Gasteiger charge is 2.29. The predicted octanol–water partition coefficient (Wildman–Crippen LogP) is 4.98. The molecule has 8 bridgehead atoms. The molecule has 0 fully saturated rings. The number of aromatic nitrogens is 4. The minimum absolute atomic E-state index is 0.0605. The van der Waals surface area contributed by atoms with Crippen LogP contribution in [-0.2, 0) is 40.5 Å². The second-order valence-electron chi connectivity index (χ2n) is 11.3. The Morgan fingerprint density at radius 2 is 0.962 bits per heavy atom. The van der Waals surface area contributed by atoms with E-state index in [-0.39, 0.29) is 44.6 Å². The summed E-state index contributed by atoms with van der Waals surface area (Å²) < 4.78 is 142. The Morgan fingerprint density at radius 1 is 0.462 bits per heavy atom. The maximum Gasteiger partial charge on any atom is 0.298 e. The molecule has 266 valence electrons. The van der Waals surface area contributed by atoms with Crippen LogP contribution in [0.25, 0.3) is 68.6 Å². The van der Waals surface area contributed by atoms with Gasteiger partial charge in [0, 0.05) is 16.6 Å². The van der Waals surface area contributed by atoms with Crippen molar-refractivity contribution < 1.29 is 51.9 Å². The summed E-state index contributed by atoms with van der Waals surface area (Å²) in [6, 6.07) is 16.7. The topological polar surface area (TPSA) is 275 Å². The summed E-state index contributed by atoms with van der Waals surface area (Å²) in [5, 5.41) is 0. The molecule has 3 aromatic heterocycles. The molecule has 0 saturated heterocycles. The molecule has 2 aliphatic heterocycles. The highest BCUT2D eigenvalue weighted by Crippen LogP contribution is 2.43. The molecule has 0 radical (unpaired) electrons. The van der Waals surface area contributed by atoms with Crippen molar-refractivity contribution >= 4 is 86.8 Å². The predicted molar refractivity (Wildman–Crippen MR) is 189 cm³/mol. The Hall–Kier alpha value is -5.32. The highest BCUT2D eigenvalue weighted by molar-refractivity contribution is 7.86. The van der Waals surface area contributed by atoms with Crippen molar-refractivity contribution in [2.75, 3.05) is 0 Å². The Morgan fingerprint density at radius 3 is 1.50 bits per heavy atom. The number of hydrogen-bond acceptors (Lipinski definition) is 10. The van der Waals surface area contributed by atoms with E-state index in [4.69, 9.17) is 0 Å². The number of H-pyrrole nitrogens is 2. The third-order valence-corrected chi connectivity index (χ3v) is 11.7. The van der Waals surface area contributed by atoms with Gasteiger partial charge in [0.15, 0.2) is 0 Å². The van der Waals surface area contributed by atoms with Crippen molar-refractivity contribution in [2.24, 2.45) is 0 Å². The lowest BCUT2D eigenvalue weighted by atomic mass is 9.96. The largest absolute Gasteiger partial charge is 0.353 e. The van der Waals surface area contributed by atoms with Gasteiger partial charge in [-0.3, -0.25) is 18.2 Å². The molecular formula is C32H22N4O12S4. The van der Waals surface area contributed by atoms with Crippen LogP contribution in [-0.4, -0.2) is 71.8 Å². The minimum atomic E-state index is -5.27. The second-order valence-corrected chi connectivity index (χ2v) is 16.8. The van der Waals surface area contributed by atoms with E-state index in [9.17, 15) is 51.9 Å². The van der Waals surface area contributed by atoms with E-state index in [1.54, 1.807) is 30.3 Å². The maximum atomic E-state index is 13.3. The molecule has 0 aliphatic carbocycles. The average Bonchev–Trinajstić information content (AvgIpc) is 3.85. The van der Waals surface area contributed by atoms with Gasteiger partial charge in [-0.15, -0.1) is 0 Å². The number of benzene rings is 2. The number of nitrogens with one attached hydrogen (secondary N) is 2. The quantitative estimate of drug-likeness (QED) is 0.122. The summed E-state index contributed by atoms with van der Waals surface area (Å²) in [4.78, 5) is 11.0. The second kappa shape index (κ2) is 12.1. The Kier molecular flexibility index (Phi) is 8.19. The summed E-state index contributed by atoms with van der Waals surface area (Å²) in [6.45, 7) is 0. The zero-order valence-electron chi connectivity index (χ0n) is 25.8. The van der Waals surface area contributed by atoms with Gasteiger partial charge >= 0.3 is 0 Å². The van der Waals surface area contributed by atoms with Crippen molar-refractivity contribution in [1.82, 2.24) is 19.9 Å². The Labute approximate surface area is 294 Å². The summed E-state index contributed by atoms with van der Waals surface area (Å²) in [7, 11) is -20.2. The zero-order valence-corrected chi connectivity index (χ0v) is 29.1. The van der Waals surface area contributed by atoms with Gasteiger partial charge in [-0.05, 0) is 65.8 Å². The van der Waals surface area contributed by atoms with Gasteiger partial charge < -0.3 is 9.97 Å². The summed E-state index contributed by atoms with van der Waals surface area (Å²) in [5.74, 6) is 0. The molecule has 6 N–H and O–H groups in total. The maximum absolute atomic E-state index is 13.3. The Balaban J connectivity index is 1.80. The van der Waals surface area contributed by atoms with Crippen molar-refractivity contribution in [1.29, 1.82) is 0 Å². The molecule has 0 spiro atoms. The summed E-state index contributed by atoms with van der Waals surface area (Å²) in [6.07, 6.45) is 4.73. The third-order valence-electron chi connectivity index (χ3n) is 8.00. The number of rotatable bonds is 6. The fourth-order valence-electron chi connectivity index (χ4n) is 6.00. The molecule has 16 nitrogen and oxygen atoms in total.